The summed E-state index contributed by atoms with van der Waals surface area (Å²) < 4.78 is 10.9. The molecule has 0 amide bonds. The number of hydrogen-bond donors (Lipinski definition) is 2. The number of hydrogen-bond acceptors (Lipinski definition) is 4. The maximum Gasteiger partial charge on any atom is 0.0620 e. The first-order valence-electron chi connectivity index (χ1n) is 7.47. The van der Waals surface area contributed by atoms with E-state index in [9.17, 15) is 0 Å². The van der Waals surface area contributed by atoms with Crippen LogP contribution in [0, 0.1) is 5.92 Å². The maximum atomic E-state index is 5.48. The van der Waals surface area contributed by atoms with Gasteiger partial charge in [-0.1, -0.05) is 0 Å². The molecule has 2 atom stereocenters. The Morgan fingerprint density at radius 2 is 2.06 bits per heavy atom. The summed E-state index contributed by atoms with van der Waals surface area (Å²) in [5.41, 5.74) is 0. The van der Waals surface area contributed by atoms with Crippen LogP contribution in [0.1, 0.15) is 32.6 Å². The molecule has 106 valence electrons. The van der Waals surface area contributed by atoms with Crippen LogP contribution in [-0.2, 0) is 9.47 Å². The normalized spacial score (nSPS) is 28.2. The Kier molecular flexibility index (Phi) is 6.41. The third-order valence-electron chi connectivity index (χ3n) is 4.02. The van der Waals surface area contributed by atoms with Gasteiger partial charge in [0.15, 0.2) is 0 Å². The third kappa shape index (κ3) is 5.22. The molecule has 2 unspecified atom stereocenters. The molecule has 4 nitrogen and oxygen atoms in total. The van der Waals surface area contributed by atoms with E-state index in [1.165, 1.54) is 19.3 Å². The number of ether oxygens (including phenoxy) is 2. The molecule has 2 rings (SSSR count). The molecule has 2 aliphatic rings. The Morgan fingerprint density at radius 3 is 2.78 bits per heavy atom. The van der Waals surface area contributed by atoms with E-state index in [4.69, 9.17) is 9.47 Å². The van der Waals surface area contributed by atoms with Crippen LogP contribution < -0.4 is 10.6 Å². The Morgan fingerprint density at radius 1 is 1.22 bits per heavy atom. The van der Waals surface area contributed by atoms with Crippen molar-refractivity contribution < 1.29 is 9.47 Å². The van der Waals surface area contributed by atoms with Crippen molar-refractivity contribution in [3.63, 3.8) is 0 Å². The van der Waals surface area contributed by atoms with E-state index in [1.54, 1.807) is 0 Å². The van der Waals surface area contributed by atoms with Crippen LogP contribution in [0.2, 0.25) is 0 Å². The van der Waals surface area contributed by atoms with Gasteiger partial charge in [0.25, 0.3) is 0 Å². The second kappa shape index (κ2) is 8.10. The van der Waals surface area contributed by atoms with Gasteiger partial charge in [0, 0.05) is 31.8 Å². The summed E-state index contributed by atoms with van der Waals surface area (Å²) in [5, 5.41) is 7.15. The van der Waals surface area contributed by atoms with Crippen LogP contribution in [0.15, 0.2) is 0 Å². The Hall–Kier alpha value is -0.160. The van der Waals surface area contributed by atoms with E-state index >= 15 is 0 Å². The molecule has 0 saturated carbocycles. The van der Waals surface area contributed by atoms with Crippen LogP contribution in [0.3, 0.4) is 0 Å². The van der Waals surface area contributed by atoms with Gasteiger partial charge in [-0.25, -0.2) is 0 Å². The van der Waals surface area contributed by atoms with Crippen LogP contribution in [0.5, 0.6) is 0 Å². The van der Waals surface area contributed by atoms with E-state index < -0.39 is 0 Å². The van der Waals surface area contributed by atoms with Crippen molar-refractivity contribution in [3.05, 3.63) is 0 Å². The van der Waals surface area contributed by atoms with Gasteiger partial charge in [-0.05, 0) is 45.1 Å². The molecule has 0 spiro atoms. The lowest BCUT2D eigenvalue weighted by Gasteiger charge is -2.27. The number of rotatable bonds is 6. The predicted octanol–water partition coefficient (Wildman–Crippen LogP) is 1.16. The standard InChI is InChI=1S/C14H28N2O2/c1-12(10-14-11-18-9-6-16-14)15-5-2-13-3-7-17-8-4-13/h12-16H,2-11H2,1H3. The van der Waals surface area contributed by atoms with Gasteiger partial charge in [-0.2, -0.15) is 0 Å². The zero-order valence-electron chi connectivity index (χ0n) is 11.6. The van der Waals surface area contributed by atoms with E-state index in [-0.39, 0.29) is 0 Å². The largest absolute Gasteiger partial charge is 0.381 e. The molecule has 2 fully saturated rings. The molecular formula is C14H28N2O2. The molecule has 0 radical (unpaired) electrons. The van der Waals surface area contributed by atoms with E-state index in [1.807, 2.05) is 0 Å². The third-order valence-corrected chi connectivity index (χ3v) is 4.02. The van der Waals surface area contributed by atoms with E-state index in [0.717, 1.165) is 51.9 Å². The highest BCUT2D eigenvalue weighted by Gasteiger charge is 2.17. The molecular weight excluding hydrogens is 228 g/mol. The van der Waals surface area contributed by atoms with Crippen molar-refractivity contribution in [1.29, 1.82) is 0 Å². The van der Waals surface area contributed by atoms with Crippen molar-refractivity contribution in [2.75, 3.05) is 39.5 Å². The summed E-state index contributed by atoms with van der Waals surface area (Å²) >= 11 is 0. The van der Waals surface area contributed by atoms with Crippen LogP contribution in [0.25, 0.3) is 0 Å². The van der Waals surface area contributed by atoms with Crippen LogP contribution >= 0.6 is 0 Å². The van der Waals surface area contributed by atoms with Crippen LogP contribution in [-0.4, -0.2) is 51.6 Å². The average Bonchev–Trinajstić information content (AvgIpc) is 2.41. The highest BCUT2D eigenvalue weighted by molar-refractivity contribution is 4.76. The van der Waals surface area contributed by atoms with Crippen LogP contribution in [0.4, 0.5) is 0 Å². The van der Waals surface area contributed by atoms with Gasteiger partial charge in [0.2, 0.25) is 0 Å². The second-order valence-corrected chi connectivity index (χ2v) is 5.66. The monoisotopic (exact) mass is 256 g/mol. The molecule has 4 heteroatoms. The first kappa shape index (κ1) is 14.3. The summed E-state index contributed by atoms with van der Waals surface area (Å²) in [6, 6.07) is 1.10. The molecule has 0 aliphatic carbocycles. The molecule has 0 bridgehead atoms. The summed E-state index contributed by atoms with van der Waals surface area (Å²) in [6.07, 6.45) is 4.94. The molecule has 2 N–H and O–H groups in total. The first-order chi connectivity index (χ1) is 8.84. The predicted molar refractivity (Wildman–Crippen MR) is 72.9 cm³/mol. The zero-order chi connectivity index (χ0) is 12.6. The van der Waals surface area contributed by atoms with Crippen molar-refractivity contribution in [1.82, 2.24) is 10.6 Å². The van der Waals surface area contributed by atoms with Gasteiger partial charge >= 0.3 is 0 Å². The first-order valence-corrected chi connectivity index (χ1v) is 7.47. The number of morpholine rings is 1. The minimum atomic E-state index is 0.532. The fourth-order valence-corrected chi connectivity index (χ4v) is 2.85. The van der Waals surface area contributed by atoms with Gasteiger partial charge in [-0.3, -0.25) is 0 Å². The van der Waals surface area contributed by atoms with Crippen molar-refractivity contribution in [2.45, 2.75) is 44.7 Å². The summed E-state index contributed by atoms with van der Waals surface area (Å²) in [4.78, 5) is 0. The molecule has 0 aromatic rings. The minimum Gasteiger partial charge on any atom is -0.381 e. The molecule has 2 aliphatic heterocycles. The molecule has 0 aromatic carbocycles. The molecule has 18 heavy (non-hydrogen) atoms. The second-order valence-electron chi connectivity index (χ2n) is 5.66. The van der Waals surface area contributed by atoms with E-state index in [0.29, 0.717) is 12.1 Å². The summed E-state index contributed by atoms with van der Waals surface area (Å²) in [7, 11) is 0. The molecule has 2 saturated heterocycles. The highest BCUT2D eigenvalue weighted by Crippen LogP contribution is 2.17. The summed E-state index contributed by atoms with van der Waals surface area (Å²) in [5.74, 6) is 0.870. The van der Waals surface area contributed by atoms with Crippen molar-refractivity contribution in [3.8, 4) is 0 Å². The topological polar surface area (TPSA) is 42.5 Å². The van der Waals surface area contributed by atoms with Crippen molar-refractivity contribution in [2.24, 2.45) is 5.92 Å². The Balaban J connectivity index is 1.52. The van der Waals surface area contributed by atoms with Gasteiger partial charge in [0.05, 0.1) is 13.2 Å². The highest BCUT2D eigenvalue weighted by atomic mass is 16.5. The summed E-state index contributed by atoms with van der Waals surface area (Å²) in [6.45, 7) is 8.07. The SMILES string of the molecule is CC(CC1COCCN1)NCCC1CCOCC1. The lowest BCUT2D eigenvalue weighted by atomic mass is 9.96. The van der Waals surface area contributed by atoms with E-state index in [2.05, 4.69) is 17.6 Å². The Labute approximate surface area is 111 Å². The fourth-order valence-electron chi connectivity index (χ4n) is 2.85. The quantitative estimate of drug-likeness (QED) is 0.748. The number of nitrogens with one attached hydrogen (secondary N) is 2. The molecule has 2 heterocycles. The smallest absolute Gasteiger partial charge is 0.0620 e. The maximum absolute atomic E-state index is 5.48. The lowest BCUT2D eigenvalue weighted by Crippen LogP contribution is -2.45. The molecule has 0 aromatic heterocycles. The fraction of sp³-hybridized carbons (Fsp3) is 1.00. The minimum absolute atomic E-state index is 0.532. The van der Waals surface area contributed by atoms with Gasteiger partial charge < -0.3 is 20.1 Å². The Bertz CT molecular complexity index is 214. The van der Waals surface area contributed by atoms with Gasteiger partial charge in [0.1, 0.15) is 0 Å². The average molecular weight is 256 g/mol. The van der Waals surface area contributed by atoms with Gasteiger partial charge in [-0.15, -0.1) is 0 Å². The van der Waals surface area contributed by atoms with Crippen molar-refractivity contribution >= 4 is 0 Å². The lowest BCUT2D eigenvalue weighted by molar-refractivity contribution is 0.0628. The zero-order valence-corrected chi connectivity index (χ0v) is 11.6.